The predicted octanol–water partition coefficient (Wildman–Crippen LogP) is 3.47. The highest BCUT2D eigenvalue weighted by Crippen LogP contribution is 2.29. The van der Waals surface area contributed by atoms with Gasteiger partial charge in [-0.3, -0.25) is 14.6 Å². The lowest BCUT2D eigenvalue weighted by atomic mass is 10.1. The molecule has 10 heteroatoms. The average molecular weight is 435 g/mol. The van der Waals surface area contributed by atoms with Crippen molar-refractivity contribution in [1.82, 2.24) is 18.5 Å². The summed E-state index contributed by atoms with van der Waals surface area (Å²) >= 11 is 1.10. The quantitative estimate of drug-likeness (QED) is 0.665. The van der Waals surface area contributed by atoms with Crippen LogP contribution in [0.2, 0.25) is 0 Å². The van der Waals surface area contributed by atoms with Gasteiger partial charge in [-0.1, -0.05) is 24.3 Å². The molecule has 0 saturated carbocycles. The van der Waals surface area contributed by atoms with Crippen LogP contribution >= 0.6 is 11.7 Å². The molecule has 0 atom stereocenters. The van der Waals surface area contributed by atoms with Crippen LogP contribution in [-0.4, -0.2) is 57.2 Å². The summed E-state index contributed by atoms with van der Waals surface area (Å²) in [4.78, 5) is 16.6. The maximum atomic E-state index is 12.9. The number of amides is 1. The number of carbonyl (C=O) groups is 1. The van der Waals surface area contributed by atoms with Crippen LogP contribution in [0.1, 0.15) is 11.1 Å². The first-order valence-corrected chi connectivity index (χ1v) is 10.2. The van der Waals surface area contributed by atoms with E-state index in [1.54, 1.807) is 12.1 Å². The molecule has 1 saturated heterocycles. The molecule has 1 N–H and O–H groups in total. The Morgan fingerprint density at radius 2 is 1.77 bits per heavy atom. The van der Waals surface area contributed by atoms with Gasteiger partial charge >= 0.3 is 6.18 Å². The lowest BCUT2D eigenvalue weighted by Gasteiger charge is -2.34. The molecule has 6 nitrogen and oxygen atoms in total. The Morgan fingerprint density at radius 1 is 1.03 bits per heavy atom. The summed E-state index contributed by atoms with van der Waals surface area (Å²) in [6.07, 6.45) is -4.33. The van der Waals surface area contributed by atoms with Crippen LogP contribution < -0.4 is 5.32 Å². The summed E-state index contributed by atoms with van der Waals surface area (Å²) in [5.74, 6) is -0.123. The number of aromatic nitrogens is 2. The van der Waals surface area contributed by atoms with E-state index in [-0.39, 0.29) is 12.5 Å². The Morgan fingerprint density at radius 3 is 2.53 bits per heavy atom. The summed E-state index contributed by atoms with van der Waals surface area (Å²) in [6.45, 7) is 3.45. The van der Waals surface area contributed by atoms with Gasteiger partial charge in [0.2, 0.25) is 5.91 Å². The molecule has 1 aliphatic heterocycles. The van der Waals surface area contributed by atoms with E-state index in [4.69, 9.17) is 0 Å². The molecule has 3 aromatic rings. The number of nitrogens with one attached hydrogen (secondary N) is 1. The third-order valence-electron chi connectivity index (χ3n) is 5.05. The highest BCUT2D eigenvalue weighted by molar-refractivity contribution is 7.00. The number of nitrogens with zero attached hydrogens (tertiary/aromatic N) is 4. The molecule has 1 fully saturated rings. The second kappa shape index (κ2) is 8.66. The molecule has 1 amide bonds. The van der Waals surface area contributed by atoms with E-state index >= 15 is 0 Å². The van der Waals surface area contributed by atoms with Crippen molar-refractivity contribution < 1.29 is 18.0 Å². The number of benzene rings is 2. The molecular formula is C20H20F3N5OS. The Balaban J connectivity index is 1.28. The summed E-state index contributed by atoms with van der Waals surface area (Å²) < 4.78 is 47.0. The van der Waals surface area contributed by atoms with Crippen LogP contribution in [0.4, 0.5) is 18.9 Å². The van der Waals surface area contributed by atoms with Gasteiger partial charge in [-0.25, -0.2) is 0 Å². The minimum atomic E-state index is -4.33. The molecule has 1 aromatic heterocycles. The zero-order valence-corrected chi connectivity index (χ0v) is 16.8. The maximum absolute atomic E-state index is 12.9. The molecule has 0 aliphatic carbocycles. The van der Waals surface area contributed by atoms with Crippen LogP contribution in [0.15, 0.2) is 42.5 Å². The van der Waals surface area contributed by atoms with Crippen LogP contribution in [0.5, 0.6) is 0 Å². The first-order chi connectivity index (χ1) is 14.4. The third kappa shape index (κ3) is 4.94. The van der Waals surface area contributed by atoms with E-state index in [1.807, 2.05) is 17.0 Å². The predicted molar refractivity (Wildman–Crippen MR) is 109 cm³/mol. The van der Waals surface area contributed by atoms with E-state index in [0.29, 0.717) is 49.5 Å². The van der Waals surface area contributed by atoms with Crippen molar-refractivity contribution in [3.63, 3.8) is 0 Å². The molecule has 2 aromatic carbocycles. The fourth-order valence-electron chi connectivity index (χ4n) is 3.51. The van der Waals surface area contributed by atoms with Gasteiger partial charge in [0.25, 0.3) is 0 Å². The second-order valence-corrected chi connectivity index (χ2v) is 7.76. The first-order valence-electron chi connectivity index (χ1n) is 9.50. The number of halogens is 3. The van der Waals surface area contributed by atoms with E-state index in [9.17, 15) is 18.0 Å². The Labute approximate surface area is 175 Å². The highest BCUT2D eigenvalue weighted by Gasteiger charge is 2.30. The topological polar surface area (TPSA) is 61.4 Å². The molecule has 158 valence electrons. The van der Waals surface area contributed by atoms with Crippen molar-refractivity contribution in [2.75, 3.05) is 38.0 Å². The van der Waals surface area contributed by atoms with Crippen LogP contribution in [0, 0.1) is 0 Å². The summed E-state index contributed by atoms with van der Waals surface area (Å²) in [6, 6.07) is 10.9. The monoisotopic (exact) mass is 435 g/mol. The normalized spacial score (nSPS) is 16.1. The maximum Gasteiger partial charge on any atom is 0.416 e. The Bertz CT molecular complexity index is 1030. The number of fused-ring (bicyclic) bond motifs is 1. The average Bonchev–Trinajstić information content (AvgIpc) is 3.19. The first kappa shape index (κ1) is 20.7. The molecule has 2 heterocycles. The molecule has 4 rings (SSSR count). The van der Waals surface area contributed by atoms with E-state index in [2.05, 4.69) is 19.0 Å². The van der Waals surface area contributed by atoms with Gasteiger partial charge in [-0.15, -0.1) is 0 Å². The van der Waals surface area contributed by atoms with Gasteiger partial charge < -0.3 is 5.32 Å². The number of hydrogen-bond acceptors (Lipinski definition) is 6. The standard InChI is InChI=1S/C20H20F3N5OS/c21-20(22,23)15-4-1-3-14(11-15)12-27-7-9-28(10-8-27)13-18(29)24-16-5-2-6-17-19(16)26-30-25-17/h1-6,11H,7-10,12-13H2,(H,24,29). The lowest BCUT2D eigenvalue weighted by molar-refractivity contribution is -0.137. The SMILES string of the molecule is O=C(CN1CCN(Cc2cccc(C(F)(F)F)c2)CC1)Nc1cccc2nsnc12. The van der Waals surface area contributed by atoms with Gasteiger partial charge in [0.1, 0.15) is 11.0 Å². The van der Waals surface area contributed by atoms with Crippen LogP contribution in [0.3, 0.4) is 0 Å². The van der Waals surface area contributed by atoms with Gasteiger partial charge in [-0.2, -0.15) is 21.9 Å². The molecular weight excluding hydrogens is 415 g/mol. The van der Waals surface area contributed by atoms with Crippen LogP contribution in [-0.2, 0) is 17.5 Å². The Hall–Kier alpha value is -2.56. The van der Waals surface area contributed by atoms with Crippen molar-refractivity contribution in [2.45, 2.75) is 12.7 Å². The van der Waals surface area contributed by atoms with Crippen LogP contribution in [0.25, 0.3) is 11.0 Å². The van der Waals surface area contributed by atoms with Gasteiger partial charge in [0, 0.05) is 32.7 Å². The number of carbonyl (C=O) groups excluding carboxylic acids is 1. The second-order valence-electron chi connectivity index (χ2n) is 7.24. The summed E-state index contributed by atoms with van der Waals surface area (Å²) in [7, 11) is 0. The molecule has 30 heavy (non-hydrogen) atoms. The van der Waals surface area contributed by atoms with Crippen molar-refractivity contribution in [3.05, 3.63) is 53.6 Å². The number of hydrogen-bond donors (Lipinski definition) is 1. The van der Waals surface area contributed by atoms with Crippen molar-refractivity contribution >= 4 is 34.4 Å². The van der Waals surface area contributed by atoms with E-state index < -0.39 is 11.7 Å². The minimum absolute atomic E-state index is 0.123. The van der Waals surface area contributed by atoms with Gasteiger partial charge in [-0.05, 0) is 23.8 Å². The fraction of sp³-hybridized carbons (Fsp3) is 0.350. The molecule has 0 unspecified atom stereocenters. The third-order valence-corrected chi connectivity index (χ3v) is 5.60. The Kier molecular flexibility index (Phi) is 5.98. The smallest absolute Gasteiger partial charge is 0.323 e. The zero-order valence-electron chi connectivity index (χ0n) is 16.0. The summed E-state index contributed by atoms with van der Waals surface area (Å²) in [5, 5.41) is 2.89. The van der Waals surface area contributed by atoms with Crippen molar-refractivity contribution in [2.24, 2.45) is 0 Å². The number of piperazine rings is 1. The lowest BCUT2D eigenvalue weighted by Crippen LogP contribution is -2.48. The minimum Gasteiger partial charge on any atom is -0.323 e. The largest absolute Gasteiger partial charge is 0.416 e. The van der Waals surface area contributed by atoms with E-state index in [0.717, 1.165) is 23.3 Å². The van der Waals surface area contributed by atoms with Crippen molar-refractivity contribution in [1.29, 1.82) is 0 Å². The molecule has 1 aliphatic rings. The van der Waals surface area contributed by atoms with Gasteiger partial charge in [0.15, 0.2) is 0 Å². The number of rotatable bonds is 5. The van der Waals surface area contributed by atoms with Crippen molar-refractivity contribution in [3.8, 4) is 0 Å². The molecule has 0 spiro atoms. The van der Waals surface area contributed by atoms with Gasteiger partial charge in [0.05, 0.1) is 29.5 Å². The highest BCUT2D eigenvalue weighted by atomic mass is 32.1. The number of anilines is 1. The fourth-order valence-corrected chi connectivity index (χ4v) is 4.06. The van der Waals surface area contributed by atoms with E-state index in [1.165, 1.54) is 12.1 Å². The zero-order chi connectivity index (χ0) is 21.1. The molecule has 0 bridgehead atoms. The summed E-state index contributed by atoms with van der Waals surface area (Å²) in [5.41, 5.74) is 2.10. The number of alkyl halides is 3. The molecule has 0 radical (unpaired) electrons.